The van der Waals surface area contributed by atoms with Gasteiger partial charge in [-0.25, -0.2) is 4.98 Å². The molecule has 0 aliphatic carbocycles. The van der Waals surface area contributed by atoms with E-state index in [0.717, 1.165) is 5.69 Å². The molecule has 2 N–H and O–H groups in total. The van der Waals surface area contributed by atoms with E-state index in [2.05, 4.69) is 22.1 Å². The summed E-state index contributed by atoms with van der Waals surface area (Å²) in [6.45, 7) is 1.58. The molecule has 0 saturated heterocycles. The molecule has 5 nitrogen and oxygen atoms in total. The summed E-state index contributed by atoms with van der Waals surface area (Å²) in [5.41, 5.74) is 0.788. The van der Waals surface area contributed by atoms with Crippen molar-refractivity contribution in [1.29, 1.82) is 0 Å². The lowest BCUT2D eigenvalue weighted by molar-refractivity contribution is -0.137. The summed E-state index contributed by atoms with van der Waals surface area (Å²) in [6, 6.07) is 0. The SMILES string of the molecule is CC#CC(=O)Nc1nc(CCCC(=O)O)cs1. The molecule has 0 fully saturated rings. The maximum absolute atomic E-state index is 11.1. The molecule has 1 rings (SSSR count). The van der Waals surface area contributed by atoms with Crippen LogP contribution in [-0.2, 0) is 16.0 Å². The molecule has 90 valence electrons. The quantitative estimate of drug-likeness (QED) is 0.778. The minimum Gasteiger partial charge on any atom is -0.481 e. The third-order valence-corrected chi connectivity index (χ3v) is 2.64. The predicted octanol–water partition coefficient (Wildman–Crippen LogP) is 1.51. The van der Waals surface area contributed by atoms with E-state index in [4.69, 9.17) is 5.11 Å². The normalized spacial score (nSPS) is 9.24. The summed E-state index contributed by atoms with van der Waals surface area (Å²) in [4.78, 5) is 25.6. The fraction of sp³-hybridized carbons (Fsp3) is 0.364. The van der Waals surface area contributed by atoms with Crippen molar-refractivity contribution in [3.05, 3.63) is 11.1 Å². The van der Waals surface area contributed by atoms with Crippen LogP contribution < -0.4 is 5.32 Å². The maximum Gasteiger partial charge on any atom is 0.303 e. The van der Waals surface area contributed by atoms with Crippen molar-refractivity contribution in [2.24, 2.45) is 0 Å². The van der Waals surface area contributed by atoms with Crippen LogP contribution in [0, 0.1) is 11.8 Å². The molecule has 0 aliphatic heterocycles. The molecule has 1 amide bonds. The number of carbonyl (C=O) groups excluding carboxylic acids is 1. The largest absolute Gasteiger partial charge is 0.481 e. The molecule has 0 atom stereocenters. The van der Waals surface area contributed by atoms with Crippen LogP contribution in [0.1, 0.15) is 25.5 Å². The van der Waals surface area contributed by atoms with Crippen molar-refractivity contribution in [1.82, 2.24) is 4.98 Å². The number of carbonyl (C=O) groups is 2. The van der Waals surface area contributed by atoms with E-state index < -0.39 is 5.97 Å². The molecule has 1 aromatic rings. The Kier molecular flexibility index (Phi) is 5.17. The van der Waals surface area contributed by atoms with E-state index in [1.165, 1.54) is 11.3 Å². The number of aryl methyl sites for hydroxylation is 1. The Morgan fingerprint density at radius 1 is 1.59 bits per heavy atom. The van der Waals surface area contributed by atoms with E-state index >= 15 is 0 Å². The number of carboxylic acids is 1. The Bertz CT molecular complexity index is 471. The smallest absolute Gasteiger partial charge is 0.303 e. The molecule has 6 heteroatoms. The predicted molar refractivity (Wildman–Crippen MR) is 64.8 cm³/mol. The van der Waals surface area contributed by atoms with Gasteiger partial charge in [-0.15, -0.1) is 11.3 Å². The summed E-state index contributed by atoms with van der Waals surface area (Å²) in [7, 11) is 0. The van der Waals surface area contributed by atoms with E-state index in [9.17, 15) is 9.59 Å². The summed E-state index contributed by atoms with van der Waals surface area (Å²) in [5, 5.41) is 13.3. The molecular formula is C11H12N2O3S. The van der Waals surface area contributed by atoms with Crippen LogP contribution in [0.2, 0.25) is 0 Å². The number of nitrogens with zero attached hydrogens (tertiary/aromatic N) is 1. The highest BCUT2D eigenvalue weighted by atomic mass is 32.1. The van der Waals surface area contributed by atoms with Gasteiger partial charge in [0.1, 0.15) is 0 Å². The number of thiazole rings is 1. The second kappa shape index (κ2) is 6.66. The molecular weight excluding hydrogens is 240 g/mol. The second-order valence-electron chi connectivity index (χ2n) is 3.22. The Balaban J connectivity index is 2.44. The van der Waals surface area contributed by atoms with Gasteiger partial charge in [-0.1, -0.05) is 5.92 Å². The highest BCUT2D eigenvalue weighted by Gasteiger charge is 2.05. The molecule has 0 radical (unpaired) electrons. The van der Waals surface area contributed by atoms with Crippen molar-refractivity contribution < 1.29 is 14.7 Å². The molecule has 0 aliphatic rings. The van der Waals surface area contributed by atoms with E-state index in [-0.39, 0.29) is 12.3 Å². The fourth-order valence-corrected chi connectivity index (χ4v) is 1.88. The molecule has 0 spiro atoms. The van der Waals surface area contributed by atoms with Gasteiger partial charge in [-0.05, 0) is 25.7 Å². The summed E-state index contributed by atoms with van der Waals surface area (Å²) >= 11 is 1.30. The Hall–Kier alpha value is -1.87. The lowest BCUT2D eigenvalue weighted by Crippen LogP contribution is -2.08. The number of aliphatic carboxylic acids is 1. The van der Waals surface area contributed by atoms with Gasteiger partial charge in [-0.3, -0.25) is 14.9 Å². The summed E-state index contributed by atoms with van der Waals surface area (Å²) in [5.74, 6) is 3.64. The number of hydrogen-bond donors (Lipinski definition) is 2. The van der Waals surface area contributed by atoms with E-state index in [0.29, 0.717) is 18.0 Å². The topological polar surface area (TPSA) is 79.3 Å². The van der Waals surface area contributed by atoms with Gasteiger partial charge >= 0.3 is 11.9 Å². The number of rotatable bonds is 5. The molecule has 0 aromatic carbocycles. The molecule has 0 saturated carbocycles. The number of anilines is 1. The number of nitrogens with one attached hydrogen (secondary N) is 1. The second-order valence-corrected chi connectivity index (χ2v) is 4.08. The zero-order chi connectivity index (χ0) is 12.7. The number of carboxylic acid groups (broad SMARTS) is 1. The first kappa shape index (κ1) is 13.2. The number of amides is 1. The Morgan fingerprint density at radius 3 is 3.00 bits per heavy atom. The summed E-state index contributed by atoms with van der Waals surface area (Å²) < 4.78 is 0. The standard InChI is InChI=1S/C11H12N2O3S/c1-2-4-9(14)13-11-12-8(7-17-11)5-3-6-10(15)16/h7H,3,5-6H2,1H3,(H,15,16)(H,12,13,14). The number of hydrogen-bond acceptors (Lipinski definition) is 4. The average molecular weight is 252 g/mol. The third-order valence-electron chi connectivity index (χ3n) is 1.83. The first-order valence-electron chi connectivity index (χ1n) is 5.01. The van der Waals surface area contributed by atoms with Crippen molar-refractivity contribution in [3.8, 4) is 11.8 Å². The monoisotopic (exact) mass is 252 g/mol. The van der Waals surface area contributed by atoms with Crippen LogP contribution in [0.25, 0.3) is 0 Å². The van der Waals surface area contributed by atoms with Crippen LogP contribution in [0.3, 0.4) is 0 Å². The minimum atomic E-state index is -0.813. The average Bonchev–Trinajstić information content (AvgIpc) is 2.65. The zero-order valence-corrected chi connectivity index (χ0v) is 10.1. The first-order valence-corrected chi connectivity index (χ1v) is 5.89. The molecule has 1 aromatic heterocycles. The fourth-order valence-electron chi connectivity index (χ4n) is 1.14. The van der Waals surface area contributed by atoms with Gasteiger partial charge in [0.15, 0.2) is 5.13 Å². The zero-order valence-electron chi connectivity index (χ0n) is 9.32. The first-order chi connectivity index (χ1) is 8.11. The van der Waals surface area contributed by atoms with Gasteiger partial charge in [0, 0.05) is 11.8 Å². The van der Waals surface area contributed by atoms with Crippen LogP contribution in [0.5, 0.6) is 0 Å². The highest BCUT2D eigenvalue weighted by molar-refractivity contribution is 7.13. The van der Waals surface area contributed by atoms with Crippen LogP contribution in [0.4, 0.5) is 5.13 Å². The third kappa shape index (κ3) is 5.13. The van der Waals surface area contributed by atoms with Crippen LogP contribution in [0.15, 0.2) is 5.38 Å². The highest BCUT2D eigenvalue weighted by Crippen LogP contribution is 2.16. The van der Waals surface area contributed by atoms with Gasteiger partial charge in [0.2, 0.25) is 0 Å². The Morgan fingerprint density at radius 2 is 2.35 bits per heavy atom. The molecule has 1 heterocycles. The van der Waals surface area contributed by atoms with Crippen molar-refractivity contribution in [2.75, 3.05) is 5.32 Å². The summed E-state index contributed by atoms with van der Waals surface area (Å²) in [6.07, 6.45) is 1.26. The lowest BCUT2D eigenvalue weighted by Gasteiger charge is -1.94. The van der Waals surface area contributed by atoms with Crippen molar-refractivity contribution in [3.63, 3.8) is 0 Å². The lowest BCUT2D eigenvalue weighted by atomic mass is 10.2. The van der Waals surface area contributed by atoms with Crippen LogP contribution >= 0.6 is 11.3 Å². The van der Waals surface area contributed by atoms with Crippen molar-refractivity contribution >= 4 is 28.3 Å². The number of aromatic nitrogens is 1. The molecule has 0 unspecified atom stereocenters. The van der Waals surface area contributed by atoms with Gasteiger partial charge in [-0.2, -0.15) is 0 Å². The minimum absolute atomic E-state index is 0.126. The van der Waals surface area contributed by atoms with Crippen LogP contribution in [-0.4, -0.2) is 22.0 Å². The van der Waals surface area contributed by atoms with E-state index in [1.54, 1.807) is 12.3 Å². The maximum atomic E-state index is 11.1. The molecule has 0 bridgehead atoms. The Labute approximate surface area is 103 Å². The van der Waals surface area contributed by atoms with E-state index in [1.807, 2.05) is 0 Å². The van der Waals surface area contributed by atoms with Gasteiger partial charge < -0.3 is 5.11 Å². The van der Waals surface area contributed by atoms with Crippen molar-refractivity contribution in [2.45, 2.75) is 26.2 Å². The molecule has 17 heavy (non-hydrogen) atoms. The van der Waals surface area contributed by atoms with Gasteiger partial charge in [0.05, 0.1) is 5.69 Å². The van der Waals surface area contributed by atoms with Gasteiger partial charge in [0.25, 0.3) is 0 Å².